The van der Waals surface area contributed by atoms with Crippen LogP contribution in [0.3, 0.4) is 0 Å². The van der Waals surface area contributed by atoms with Crippen molar-refractivity contribution >= 4 is 50.0 Å². The Balaban J connectivity index is 0.000000266. The van der Waals surface area contributed by atoms with Crippen LogP contribution in [0.5, 0.6) is 0 Å². The molecule has 0 radical (unpaired) electrons. The molecule has 2 heterocycles. The minimum atomic E-state index is -0.657. The molecule has 34 heavy (non-hydrogen) atoms. The van der Waals surface area contributed by atoms with Gasteiger partial charge >= 0.3 is 0 Å². The van der Waals surface area contributed by atoms with Crippen molar-refractivity contribution in [3.8, 4) is 5.69 Å². The molecule has 0 aliphatic carbocycles. The van der Waals surface area contributed by atoms with Crippen LogP contribution in [0.1, 0.15) is 42.6 Å². The van der Waals surface area contributed by atoms with Crippen LogP contribution < -0.4 is 17.0 Å². The van der Waals surface area contributed by atoms with Crippen LogP contribution in [0.4, 0.5) is 5.82 Å². The van der Waals surface area contributed by atoms with Crippen molar-refractivity contribution in [2.75, 3.05) is 5.73 Å². The van der Waals surface area contributed by atoms with Crippen LogP contribution in [0.2, 0.25) is 5.02 Å². The fourth-order valence-corrected chi connectivity index (χ4v) is 4.31. The zero-order chi connectivity index (χ0) is 25.4. The zero-order valence-corrected chi connectivity index (χ0v) is 21.8. The minimum absolute atomic E-state index is 0.0237. The van der Waals surface area contributed by atoms with Crippen molar-refractivity contribution in [3.63, 3.8) is 0 Å². The SMILES string of the molecule is CC.CCc1c(Br)c2cccc(Cl)c2c(=O)n1-c1ccccc1.Cc1cnc(C(N)=O)c(N)n1. The number of aryl methyl sites for hydroxylation is 1. The maximum atomic E-state index is 12.9. The Kier molecular flexibility index (Phi) is 9.77. The number of amides is 1. The Hall–Kier alpha value is -3.23. The number of rotatable bonds is 3. The summed E-state index contributed by atoms with van der Waals surface area (Å²) in [5, 5.41) is 1.88. The summed E-state index contributed by atoms with van der Waals surface area (Å²) in [7, 11) is 0. The number of fused-ring (bicyclic) bond motifs is 1. The molecule has 2 aromatic carbocycles. The fraction of sp³-hybridized carbons (Fsp3) is 0.200. The highest BCUT2D eigenvalue weighted by atomic mass is 79.9. The Morgan fingerprint density at radius 3 is 2.32 bits per heavy atom. The Morgan fingerprint density at radius 2 is 1.76 bits per heavy atom. The maximum Gasteiger partial charge on any atom is 0.271 e. The van der Waals surface area contributed by atoms with Gasteiger partial charge in [-0.3, -0.25) is 14.2 Å². The first-order chi connectivity index (χ1) is 16.3. The molecule has 9 heteroatoms. The molecule has 0 spiro atoms. The van der Waals surface area contributed by atoms with Crippen molar-refractivity contribution in [1.29, 1.82) is 0 Å². The van der Waals surface area contributed by atoms with Crippen LogP contribution >= 0.6 is 27.5 Å². The molecule has 1 amide bonds. The Labute approximate surface area is 211 Å². The van der Waals surface area contributed by atoms with E-state index < -0.39 is 5.91 Å². The van der Waals surface area contributed by atoms with Crippen molar-refractivity contribution in [2.45, 2.75) is 34.1 Å². The average molecular weight is 545 g/mol. The Morgan fingerprint density at radius 1 is 1.12 bits per heavy atom. The first-order valence-electron chi connectivity index (χ1n) is 10.7. The molecular weight excluding hydrogens is 518 g/mol. The van der Waals surface area contributed by atoms with Gasteiger partial charge in [0, 0.05) is 27.4 Å². The summed E-state index contributed by atoms with van der Waals surface area (Å²) in [6.45, 7) is 7.77. The van der Waals surface area contributed by atoms with Gasteiger partial charge in [-0.2, -0.15) is 0 Å². The topological polar surface area (TPSA) is 117 Å². The molecule has 0 saturated carbocycles. The number of carbonyl (C=O) groups excluding carboxylic acids is 1. The Bertz CT molecular complexity index is 1360. The number of nitrogens with two attached hydrogens (primary N) is 2. The number of pyridine rings is 1. The predicted octanol–water partition coefficient (Wildman–Crippen LogP) is 5.46. The molecule has 178 valence electrons. The summed E-state index contributed by atoms with van der Waals surface area (Å²) in [6, 6.07) is 15.2. The van der Waals surface area contributed by atoms with E-state index in [2.05, 4.69) is 25.9 Å². The number of nitrogens with zero attached hydrogens (tertiary/aromatic N) is 3. The number of hydrogen-bond acceptors (Lipinski definition) is 5. The first kappa shape index (κ1) is 27.0. The van der Waals surface area contributed by atoms with Gasteiger partial charge in [0.05, 0.1) is 16.1 Å². The quantitative estimate of drug-likeness (QED) is 0.355. The lowest BCUT2D eigenvalue weighted by molar-refractivity contribution is 0.0996. The molecule has 0 aliphatic heterocycles. The molecule has 4 N–H and O–H groups in total. The molecule has 0 bridgehead atoms. The highest BCUT2D eigenvalue weighted by Gasteiger charge is 2.16. The number of primary amides is 1. The monoisotopic (exact) mass is 543 g/mol. The molecule has 0 atom stereocenters. The van der Waals surface area contributed by atoms with Crippen LogP contribution in [0, 0.1) is 6.92 Å². The molecule has 0 saturated heterocycles. The van der Waals surface area contributed by atoms with Crippen molar-refractivity contribution in [3.05, 3.63) is 91.7 Å². The van der Waals surface area contributed by atoms with E-state index in [1.807, 2.05) is 63.2 Å². The predicted molar refractivity (Wildman–Crippen MR) is 143 cm³/mol. The maximum absolute atomic E-state index is 12.9. The molecule has 7 nitrogen and oxygen atoms in total. The first-order valence-corrected chi connectivity index (χ1v) is 11.9. The van der Waals surface area contributed by atoms with Gasteiger partial charge in [0.15, 0.2) is 11.5 Å². The van der Waals surface area contributed by atoms with Gasteiger partial charge in [-0.1, -0.05) is 62.7 Å². The van der Waals surface area contributed by atoms with E-state index in [4.69, 9.17) is 23.1 Å². The van der Waals surface area contributed by atoms with Crippen LogP contribution in [-0.2, 0) is 6.42 Å². The van der Waals surface area contributed by atoms with Gasteiger partial charge in [0.1, 0.15) is 0 Å². The number of aromatic nitrogens is 3. The number of benzene rings is 2. The molecule has 0 aliphatic rings. The number of hydrogen-bond donors (Lipinski definition) is 2. The second-order valence-corrected chi connectivity index (χ2v) is 8.06. The highest BCUT2D eigenvalue weighted by molar-refractivity contribution is 9.10. The number of nitrogen functional groups attached to an aromatic ring is 1. The van der Waals surface area contributed by atoms with E-state index in [9.17, 15) is 9.59 Å². The van der Waals surface area contributed by atoms with Gasteiger partial charge in [0.2, 0.25) is 0 Å². The second-order valence-electron chi connectivity index (χ2n) is 6.86. The van der Waals surface area contributed by atoms with E-state index in [0.29, 0.717) is 16.1 Å². The number of anilines is 1. The van der Waals surface area contributed by atoms with Crippen molar-refractivity contribution < 1.29 is 4.79 Å². The highest BCUT2D eigenvalue weighted by Crippen LogP contribution is 2.31. The molecule has 2 aromatic heterocycles. The standard InChI is InChI=1S/C17H13BrClNO.C6H8N4O.C2H6/c1-2-14-16(18)12-9-6-10-13(19)15(12)17(21)20(14)11-7-4-3-5-8-11;1-3-2-9-4(6(8)11)5(7)10-3;1-2/h3-10H,2H2,1H3;2H,1H3,(H2,7,10)(H2,8,11);1-2H3. The van der Waals surface area contributed by atoms with Crippen molar-refractivity contribution in [1.82, 2.24) is 14.5 Å². The lowest BCUT2D eigenvalue weighted by atomic mass is 10.1. The average Bonchev–Trinajstić information content (AvgIpc) is 2.83. The number of halogens is 2. The van der Waals surface area contributed by atoms with E-state index in [0.717, 1.165) is 27.7 Å². The third-order valence-electron chi connectivity index (χ3n) is 4.69. The molecular formula is C25H27BrClN5O2. The zero-order valence-electron chi connectivity index (χ0n) is 19.5. The van der Waals surface area contributed by atoms with Crippen molar-refractivity contribution in [2.24, 2.45) is 5.73 Å². The summed E-state index contributed by atoms with van der Waals surface area (Å²) in [5.74, 6) is -0.576. The third kappa shape index (κ3) is 5.81. The molecule has 0 unspecified atom stereocenters. The lowest BCUT2D eigenvalue weighted by Gasteiger charge is -2.16. The molecule has 4 rings (SSSR count). The van der Waals surface area contributed by atoms with Gasteiger partial charge in [0.25, 0.3) is 11.5 Å². The van der Waals surface area contributed by atoms with Crippen LogP contribution in [-0.4, -0.2) is 20.4 Å². The minimum Gasteiger partial charge on any atom is -0.382 e. The lowest BCUT2D eigenvalue weighted by Crippen LogP contribution is -2.23. The van der Waals surface area contributed by atoms with E-state index >= 15 is 0 Å². The summed E-state index contributed by atoms with van der Waals surface area (Å²) >= 11 is 9.90. The van der Waals surface area contributed by atoms with Gasteiger partial charge in [-0.25, -0.2) is 9.97 Å². The van der Waals surface area contributed by atoms with E-state index in [1.165, 1.54) is 6.20 Å². The fourth-order valence-electron chi connectivity index (χ4n) is 3.26. The van der Waals surface area contributed by atoms with Gasteiger partial charge in [-0.15, -0.1) is 0 Å². The van der Waals surface area contributed by atoms with E-state index in [1.54, 1.807) is 17.6 Å². The summed E-state index contributed by atoms with van der Waals surface area (Å²) in [4.78, 5) is 31.0. The normalized spacial score (nSPS) is 10.1. The summed E-state index contributed by atoms with van der Waals surface area (Å²) < 4.78 is 2.66. The molecule has 4 aromatic rings. The largest absolute Gasteiger partial charge is 0.382 e. The van der Waals surface area contributed by atoms with Gasteiger partial charge in [-0.05, 0) is 47.5 Å². The van der Waals surface area contributed by atoms with E-state index in [-0.39, 0.29) is 17.1 Å². The smallest absolute Gasteiger partial charge is 0.271 e. The van der Waals surface area contributed by atoms with Gasteiger partial charge < -0.3 is 11.5 Å². The van der Waals surface area contributed by atoms with Crippen LogP contribution in [0.15, 0.2) is 64.0 Å². The van der Waals surface area contributed by atoms with Crippen LogP contribution in [0.25, 0.3) is 16.5 Å². The number of carbonyl (C=O) groups is 1. The molecule has 0 fully saturated rings. The third-order valence-corrected chi connectivity index (χ3v) is 5.89. The number of para-hydroxylation sites is 1. The second kappa shape index (κ2) is 12.3. The summed E-state index contributed by atoms with van der Waals surface area (Å²) in [5.41, 5.74) is 12.7. The summed E-state index contributed by atoms with van der Waals surface area (Å²) in [6.07, 6.45) is 2.18.